The van der Waals surface area contributed by atoms with E-state index in [-0.39, 0.29) is 46.0 Å². The summed E-state index contributed by atoms with van der Waals surface area (Å²) in [5, 5.41) is 28.2. The number of amides is 3. The van der Waals surface area contributed by atoms with Crippen molar-refractivity contribution in [2.24, 2.45) is 5.92 Å². The Hall–Kier alpha value is -5.45. The van der Waals surface area contributed by atoms with Crippen LogP contribution >= 0.6 is 50.7 Å². The number of imide groups is 1. The highest BCUT2D eigenvalue weighted by Gasteiger charge is 2.39. The number of Topliss-reactive ketones (excluding diaryl/α,β-unsaturated/α-hetero) is 1. The van der Waals surface area contributed by atoms with Crippen molar-refractivity contribution in [1.29, 1.82) is 0 Å². The zero-order valence-corrected chi connectivity index (χ0v) is 46.9. The van der Waals surface area contributed by atoms with Crippen LogP contribution in [0.5, 0.6) is 0 Å². The monoisotopic (exact) mass is 1170 g/mol. The fraction of sp³-hybridized carbons (Fsp3) is 0.310. The van der Waals surface area contributed by atoms with Crippen molar-refractivity contribution < 1.29 is 52.2 Å². The van der Waals surface area contributed by atoms with Gasteiger partial charge in [0, 0.05) is 73.9 Å². The zero-order chi connectivity index (χ0) is 56.1. The Morgan fingerprint density at radius 1 is 0.623 bits per heavy atom. The van der Waals surface area contributed by atoms with Crippen molar-refractivity contribution in [3.63, 3.8) is 0 Å². The van der Waals surface area contributed by atoms with E-state index in [2.05, 4.69) is 15.9 Å². The Labute approximate surface area is 471 Å². The molecule has 404 valence electrons. The highest BCUT2D eigenvalue weighted by molar-refractivity contribution is 9.10. The summed E-state index contributed by atoms with van der Waals surface area (Å²) in [6.45, 7) is 7.01. The van der Waals surface area contributed by atoms with Gasteiger partial charge in [0.15, 0.2) is 0 Å². The first-order chi connectivity index (χ1) is 36.4. The van der Waals surface area contributed by atoms with Crippen molar-refractivity contribution in [2.45, 2.75) is 109 Å². The molecule has 0 aromatic heterocycles. The lowest BCUT2D eigenvalue weighted by atomic mass is 9.80. The molecule has 3 aliphatic rings. The predicted molar refractivity (Wildman–Crippen MR) is 302 cm³/mol. The van der Waals surface area contributed by atoms with Gasteiger partial charge in [-0.2, -0.15) is 0 Å². The molecule has 0 bridgehead atoms. The topological polar surface area (TPSA) is 145 Å². The molecule has 2 aliphatic heterocycles. The van der Waals surface area contributed by atoms with Crippen molar-refractivity contribution in [3.05, 3.63) is 181 Å². The number of benzene rings is 6. The molecule has 6 aromatic carbocycles. The van der Waals surface area contributed by atoms with Gasteiger partial charge in [-0.3, -0.25) is 14.4 Å². The first kappa shape index (κ1) is 60.8. The molecular formula is C58H59B2BrCl3F3N2O8. The first-order valence-electron chi connectivity index (χ1n) is 25.1. The molecule has 1 saturated carbocycles. The molecule has 1 aliphatic carbocycles. The van der Waals surface area contributed by atoms with Crippen LogP contribution in [-0.2, 0) is 38.4 Å². The van der Waals surface area contributed by atoms with Gasteiger partial charge in [0.2, 0.25) is 11.8 Å². The number of carbonyl (C=O) groups excluding carboxylic acids is 4. The Morgan fingerprint density at radius 2 is 1.08 bits per heavy atom. The molecule has 77 heavy (non-hydrogen) atoms. The molecule has 0 radical (unpaired) electrons. The summed E-state index contributed by atoms with van der Waals surface area (Å²) in [5.41, 5.74) is 5.11. The van der Waals surface area contributed by atoms with Crippen LogP contribution in [0, 0.1) is 23.4 Å². The molecule has 3 fully saturated rings. The fourth-order valence-corrected chi connectivity index (χ4v) is 10.1. The van der Waals surface area contributed by atoms with Crippen LogP contribution in [0.1, 0.15) is 82.4 Å². The molecule has 3 atom stereocenters. The lowest BCUT2D eigenvalue weighted by molar-refractivity contribution is -0.128. The van der Waals surface area contributed by atoms with Crippen LogP contribution in [-0.4, -0.2) is 80.3 Å². The van der Waals surface area contributed by atoms with Gasteiger partial charge in [0.1, 0.15) is 28.8 Å². The third-order valence-corrected chi connectivity index (χ3v) is 14.3. The number of likely N-dealkylation sites (tertiary alicyclic amines) is 1. The van der Waals surface area contributed by atoms with E-state index in [1.54, 1.807) is 50.6 Å². The highest BCUT2D eigenvalue weighted by atomic mass is 79.9. The first-order valence-corrected chi connectivity index (χ1v) is 27.1. The van der Waals surface area contributed by atoms with E-state index in [1.807, 2.05) is 72.8 Å². The van der Waals surface area contributed by atoms with Crippen LogP contribution in [0.15, 0.2) is 132 Å². The summed E-state index contributed by atoms with van der Waals surface area (Å²) in [5.74, 6) is -0.574. The number of rotatable bonds is 10. The van der Waals surface area contributed by atoms with E-state index in [4.69, 9.17) is 49.6 Å². The number of carbonyl (C=O) groups is 4. The Bertz CT molecular complexity index is 3010. The fourth-order valence-electron chi connectivity index (χ4n) is 9.33. The van der Waals surface area contributed by atoms with Gasteiger partial charge >= 0.3 is 20.3 Å². The van der Waals surface area contributed by atoms with E-state index in [0.29, 0.717) is 71.4 Å². The molecule has 19 heteroatoms. The Kier molecular flexibility index (Phi) is 22.0. The van der Waals surface area contributed by atoms with Gasteiger partial charge in [-0.25, -0.2) is 22.9 Å². The minimum atomic E-state index is -1.81. The number of halogens is 7. The summed E-state index contributed by atoms with van der Waals surface area (Å²) in [6.07, 6.45) is 6.44. The van der Waals surface area contributed by atoms with Gasteiger partial charge < -0.3 is 24.6 Å². The SMILES string of the molecule is CB(O)N1C(=O)CC[C@H]1Cc1ccc(-c2cc(Cl)ccc2F)cc1.CC(C)(C)OC(=O)N1C(=O)CC[C@H]1Cc1ccc(Br)cc1.O=C1CC[C@@H](Cc2ccc(-c3cc(Cl)ccc3F)cc2)C1.OB(O)c1cc(Cl)ccc1F. The van der Waals surface area contributed by atoms with Gasteiger partial charge in [-0.1, -0.05) is 111 Å². The minimum Gasteiger partial charge on any atom is -0.443 e. The molecule has 10 nitrogen and oxygen atoms in total. The predicted octanol–water partition coefficient (Wildman–Crippen LogP) is 12.9. The largest absolute Gasteiger partial charge is 0.491 e. The summed E-state index contributed by atoms with van der Waals surface area (Å²) in [7, 11) is -2.58. The number of hydrogen-bond acceptors (Lipinski definition) is 8. The smallest absolute Gasteiger partial charge is 0.443 e. The van der Waals surface area contributed by atoms with Crippen LogP contribution in [0.2, 0.25) is 21.9 Å². The summed E-state index contributed by atoms with van der Waals surface area (Å²) in [4.78, 5) is 50.1. The molecule has 3 amide bonds. The van der Waals surface area contributed by atoms with Crippen LogP contribution in [0.4, 0.5) is 18.0 Å². The van der Waals surface area contributed by atoms with Gasteiger partial charge in [-0.05, 0) is 167 Å². The average Bonchev–Trinajstić information content (AvgIpc) is 4.08. The molecule has 2 saturated heterocycles. The summed E-state index contributed by atoms with van der Waals surface area (Å²) >= 11 is 20.7. The van der Waals surface area contributed by atoms with E-state index >= 15 is 0 Å². The summed E-state index contributed by atoms with van der Waals surface area (Å²) < 4.78 is 46.8. The Balaban J connectivity index is 0.000000171. The van der Waals surface area contributed by atoms with E-state index in [9.17, 15) is 37.4 Å². The number of ether oxygens (including phenoxy) is 1. The van der Waals surface area contributed by atoms with Crippen LogP contribution < -0.4 is 5.46 Å². The van der Waals surface area contributed by atoms with Crippen molar-refractivity contribution in [1.82, 2.24) is 9.71 Å². The molecule has 3 N–H and O–H groups in total. The van der Waals surface area contributed by atoms with Crippen LogP contribution in [0.25, 0.3) is 22.3 Å². The van der Waals surface area contributed by atoms with Crippen molar-refractivity contribution in [3.8, 4) is 22.3 Å². The lowest BCUT2D eigenvalue weighted by Gasteiger charge is -2.27. The third kappa shape index (κ3) is 18.0. The van der Waals surface area contributed by atoms with E-state index < -0.39 is 31.7 Å². The van der Waals surface area contributed by atoms with Gasteiger partial charge in [-0.15, -0.1) is 0 Å². The van der Waals surface area contributed by atoms with Crippen molar-refractivity contribution in [2.75, 3.05) is 0 Å². The minimum absolute atomic E-state index is 0.00579. The van der Waals surface area contributed by atoms with E-state index in [0.717, 1.165) is 58.5 Å². The second kappa shape index (κ2) is 27.9. The maximum absolute atomic E-state index is 13.9. The maximum Gasteiger partial charge on any atom is 0.491 e. The molecule has 2 heterocycles. The molecule has 0 unspecified atom stereocenters. The molecule has 6 aromatic rings. The molecule has 0 spiro atoms. The van der Waals surface area contributed by atoms with Crippen molar-refractivity contribution >= 4 is 94.1 Å². The number of hydrogen-bond donors (Lipinski definition) is 3. The number of ketones is 1. The Morgan fingerprint density at radius 3 is 1.55 bits per heavy atom. The summed E-state index contributed by atoms with van der Waals surface area (Å²) in [6, 6.07) is 35.9. The van der Waals surface area contributed by atoms with Gasteiger partial charge in [0.05, 0.1) is 0 Å². The standard InChI is InChI=1S/C18H18BClFNO2.C18H16ClFO.C16H20BrNO3.C6H5BClFO2/c1-19(24)22-15(7-9-18(22)23)10-12-2-4-13(5-3-12)16-11-14(20)6-8-17(16)21;19-15-6-8-18(20)17(11-15)14-4-1-12(2-5-14)9-13-3-7-16(21)10-13;1-16(2,3)21-15(20)18-13(8-9-14(18)19)10-11-4-6-12(17)7-5-11;8-4-1-2-6(9)5(3-4)7(10)11/h2-6,8,11,15,24H,7,9-10H2,1H3;1-2,4-6,8,11,13H,3,7,9-10H2;4-7,13H,8-10H2,1-3H3;1-3,10-11H/t15-;2*13-;/m000./s1. The zero-order valence-electron chi connectivity index (χ0n) is 43.0. The number of nitrogens with zero attached hydrogens (tertiary/aromatic N) is 2. The molecular weight excluding hydrogens is 1120 g/mol. The second-order valence-corrected chi connectivity index (χ2v) is 22.4. The van der Waals surface area contributed by atoms with Gasteiger partial charge in [0.25, 0.3) is 0 Å². The maximum atomic E-state index is 13.9. The average molecular weight is 1180 g/mol. The highest BCUT2D eigenvalue weighted by Crippen LogP contribution is 2.31. The lowest BCUT2D eigenvalue weighted by Crippen LogP contribution is -2.44. The third-order valence-electron chi connectivity index (χ3n) is 13.0. The van der Waals surface area contributed by atoms with Crippen LogP contribution in [0.3, 0.4) is 0 Å². The quantitative estimate of drug-likeness (QED) is 0.115. The second-order valence-electron chi connectivity index (χ2n) is 20.1. The normalized spacial score (nSPS) is 17.0. The van der Waals surface area contributed by atoms with E-state index in [1.165, 1.54) is 40.8 Å². The molecule has 9 rings (SSSR count).